The van der Waals surface area contributed by atoms with Crippen LogP contribution < -0.4 is 20.1 Å². The number of carbonyl (C=O) groups excluding carboxylic acids is 2. The molecule has 2 aromatic carbocycles. The van der Waals surface area contributed by atoms with Crippen LogP contribution >= 0.6 is 7.60 Å². The number of nitrogens with one attached hydrogen (secondary N) is 3. The van der Waals surface area contributed by atoms with Crippen molar-refractivity contribution in [3.63, 3.8) is 0 Å². The number of carbonyl (C=O) groups is 2. The third-order valence-corrected chi connectivity index (χ3v) is 6.24. The lowest BCUT2D eigenvalue weighted by molar-refractivity contribution is 0.0505. The van der Waals surface area contributed by atoms with Crippen molar-refractivity contribution in [3.8, 4) is 11.5 Å². The molecule has 0 spiro atoms. The average molecular weight is 530 g/mol. The molecule has 2 rings (SSSR count). The summed E-state index contributed by atoms with van der Waals surface area (Å²) in [6, 6.07) is 13.4. The van der Waals surface area contributed by atoms with E-state index in [1.165, 1.54) is 24.3 Å². The predicted molar refractivity (Wildman–Crippen MR) is 127 cm³/mol. The summed E-state index contributed by atoms with van der Waals surface area (Å²) in [5.74, 6) is 0.995. The van der Waals surface area contributed by atoms with Crippen LogP contribution in [0.5, 0.6) is 11.5 Å². The zero-order valence-electron chi connectivity index (χ0n) is 19.3. The highest BCUT2D eigenvalue weighted by Crippen LogP contribution is 2.34. The summed E-state index contributed by atoms with van der Waals surface area (Å²) in [4.78, 5) is 41.4. The van der Waals surface area contributed by atoms with Crippen LogP contribution in [0.2, 0.25) is 0 Å². The van der Waals surface area contributed by atoms with Crippen LogP contribution in [0.3, 0.4) is 0 Å². The van der Waals surface area contributed by atoms with E-state index in [1.54, 1.807) is 45.0 Å². The van der Waals surface area contributed by atoms with Gasteiger partial charge >= 0.3 is 19.3 Å². The van der Waals surface area contributed by atoms with Gasteiger partial charge in [-0.3, -0.25) is 4.79 Å². The van der Waals surface area contributed by atoms with Gasteiger partial charge in [0.1, 0.15) is 17.1 Å². The van der Waals surface area contributed by atoms with Crippen molar-refractivity contribution in [1.82, 2.24) is 15.4 Å². The van der Waals surface area contributed by atoms with Crippen LogP contribution in [0.4, 0.5) is 9.59 Å². The van der Waals surface area contributed by atoms with Gasteiger partial charge in [0.2, 0.25) is 10.0 Å². The van der Waals surface area contributed by atoms with Gasteiger partial charge in [0, 0.05) is 13.1 Å². The molecule has 14 heteroatoms. The van der Waals surface area contributed by atoms with E-state index in [2.05, 4.69) is 10.0 Å². The summed E-state index contributed by atoms with van der Waals surface area (Å²) in [5.41, 5.74) is -2.42. The Balaban J connectivity index is 2.06. The van der Waals surface area contributed by atoms with Crippen molar-refractivity contribution in [2.45, 2.75) is 37.3 Å². The summed E-state index contributed by atoms with van der Waals surface area (Å²) in [7, 11) is -9.10. The summed E-state index contributed by atoms with van der Waals surface area (Å²) in [6.45, 7) is 3.96. The minimum atomic E-state index is -5.05. The van der Waals surface area contributed by atoms with Crippen LogP contribution in [0, 0.1) is 0 Å². The maximum Gasteiger partial charge on any atom is 0.413 e. The minimum absolute atomic E-state index is 0.0896. The van der Waals surface area contributed by atoms with E-state index in [0.717, 1.165) is 0 Å². The van der Waals surface area contributed by atoms with E-state index < -0.39 is 54.1 Å². The van der Waals surface area contributed by atoms with Gasteiger partial charge in [0.25, 0.3) is 0 Å². The van der Waals surface area contributed by atoms with Crippen LogP contribution in [-0.2, 0) is 19.3 Å². The molecule has 1 unspecified atom stereocenters. The number of hydrogen-bond acceptors (Lipinski definition) is 7. The molecule has 2 aromatic rings. The summed E-state index contributed by atoms with van der Waals surface area (Å²) in [6.07, 6.45) is -0.908. The van der Waals surface area contributed by atoms with E-state index in [1.807, 2.05) is 11.4 Å². The maximum atomic E-state index is 12.7. The van der Waals surface area contributed by atoms with Crippen LogP contribution in [0.25, 0.3) is 0 Å². The molecule has 0 saturated heterocycles. The van der Waals surface area contributed by atoms with Crippen molar-refractivity contribution in [1.29, 1.82) is 0 Å². The largest absolute Gasteiger partial charge is 0.457 e. The second kappa shape index (κ2) is 11.6. The molecule has 0 aliphatic carbocycles. The fourth-order valence-electron chi connectivity index (χ4n) is 2.57. The van der Waals surface area contributed by atoms with Gasteiger partial charge in [0.05, 0.1) is 10.9 Å². The number of amides is 2. The Labute approximate surface area is 203 Å². The van der Waals surface area contributed by atoms with Gasteiger partial charge < -0.3 is 29.9 Å². The zero-order chi connectivity index (χ0) is 26.3. The van der Waals surface area contributed by atoms with Crippen molar-refractivity contribution in [3.05, 3.63) is 54.6 Å². The normalized spacial score (nSPS) is 12.9. The lowest BCUT2D eigenvalue weighted by Gasteiger charge is -2.24. The standard InChI is InChI=1S/C21H28N3O9PS/c1-21(2,3)33-19(25)24-15(13-22-20(26)34(27,28)29)14-23-35(30,31)18-11-9-17(10-12-18)32-16-7-5-4-6-8-16/h4-12,15,23H,13-14H2,1-3H3,(H,22,26)(H,24,25)(H2,27,28,29). The molecule has 1 atom stereocenters. The molecule has 0 fully saturated rings. The molecule has 0 aromatic heterocycles. The molecular weight excluding hydrogens is 501 g/mol. The van der Waals surface area contributed by atoms with E-state index in [9.17, 15) is 22.6 Å². The van der Waals surface area contributed by atoms with Gasteiger partial charge in [-0.1, -0.05) is 18.2 Å². The molecule has 12 nitrogen and oxygen atoms in total. The monoisotopic (exact) mass is 529 g/mol. The first-order valence-corrected chi connectivity index (χ1v) is 13.4. The molecule has 0 aliphatic rings. The summed E-state index contributed by atoms with van der Waals surface area (Å²) >= 11 is 0. The SMILES string of the molecule is CC(C)(C)OC(=O)NC(CNC(=O)P(=O)(O)O)CNS(=O)(=O)c1ccc(Oc2ccccc2)cc1. The van der Waals surface area contributed by atoms with Crippen LogP contribution in [0.1, 0.15) is 20.8 Å². The number of ether oxygens (including phenoxy) is 2. The maximum absolute atomic E-state index is 12.7. The fraction of sp³-hybridized carbons (Fsp3) is 0.333. The van der Waals surface area contributed by atoms with Gasteiger partial charge in [-0.2, -0.15) is 0 Å². The third kappa shape index (κ3) is 10.0. The lowest BCUT2D eigenvalue weighted by Crippen LogP contribution is -2.50. The Morgan fingerprint density at radius 2 is 1.54 bits per heavy atom. The van der Waals surface area contributed by atoms with Crippen molar-refractivity contribution < 1.29 is 41.8 Å². The Morgan fingerprint density at radius 1 is 0.971 bits per heavy atom. The fourth-order valence-corrected chi connectivity index (χ4v) is 3.95. The Kier molecular flexibility index (Phi) is 9.41. The number of benzene rings is 2. The first-order chi connectivity index (χ1) is 16.2. The first-order valence-electron chi connectivity index (χ1n) is 10.3. The highest BCUT2D eigenvalue weighted by molar-refractivity contribution is 7.89. The molecule has 0 bridgehead atoms. The Hall–Kier alpha value is -2.96. The van der Waals surface area contributed by atoms with Crippen LogP contribution in [0.15, 0.2) is 59.5 Å². The van der Waals surface area contributed by atoms with Gasteiger partial charge in [-0.25, -0.2) is 22.5 Å². The molecule has 0 radical (unpaired) electrons. The van der Waals surface area contributed by atoms with Crippen LogP contribution in [-0.4, -0.2) is 54.7 Å². The lowest BCUT2D eigenvalue weighted by atomic mass is 10.2. The Morgan fingerprint density at radius 3 is 2.09 bits per heavy atom. The number of alkyl carbamates (subject to hydrolysis) is 1. The summed E-state index contributed by atoms with van der Waals surface area (Å²) < 4.78 is 49.5. The third-order valence-electron chi connectivity index (χ3n) is 4.12. The zero-order valence-corrected chi connectivity index (χ0v) is 21.0. The summed E-state index contributed by atoms with van der Waals surface area (Å²) in [5, 5.41) is 4.34. The predicted octanol–water partition coefficient (Wildman–Crippen LogP) is 2.54. The number of hydrogen-bond donors (Lipinski definition) is 5. The molecule has 0 saturated carbocycles. The van der Waals surface area contributed by atoms with Gasteiger partial charge in [0.15, 0.2) is 0 Å². The molecular formula is C21H28N3O9PS. The number of sulfonamides is 1. The number of rotatable bonds is 10. The minimum Gasteiger partial charge on any atom is -0.457 e. The highest BCUT2D eigenvalue weighted by Gasteiger charge is 2.28. The molecule has 192 valence electrons. The molecule has 2 amide bonds. The molecule has 5 N–H and O–H groups in total. The second-order valence-electron chi connectivity index (χ2n) is 8.31. The number of para-hydroxylation sites is 1. The van der Waals surface area contributed by atoms with Crippen molar-refractivity contribution in [2.75, 3.05) is 13.1 Å². The average Bonchev–Trinajstić information content (AvgIpc) is 2.74. The van der Waals surface area contributed by atoms with Gasteiger partial charge in [-0.05, 0) is 57.2 Å². The van der Waals surface area contributed by atoms with E-state index in [-0.39, 0.29) is 4.90 Å². The smallest absolute Gasteiger partial charge is 0.413 e. The Bertz CT molecular complexity index is 1160. The highest BCUT2D eigenvalue weighted by atomic mass is 32.2. The van der Waals surface area contributed by atoms with Gasteiger partial charge in [-0.15, -0.1) is 0 Å². The van der Waals surface area contributed by atoms with Crippen molar-refractivity contribution in [2.24, 2.45) is 0 Å². The first kappa shape index (κ1) is 28.3. The van der Waals surface area contributed by atoms with E-state index >= 15 is 0 Å². The van der Waals surface area contributed by atoms with E-state index in [0.29, 0.717) is 11.5 Å². The topological polar surface area (TPSA) is 180 Å². The quantitative estimate of drug-likeness (QED) is 0.289. The molecule has 0 aliphatic heterocycles. The van der Waals surface area contributed by atoms with Crippen molar-refractivity contribution >= 4 is 29.4 Å². The van der Waals surface area contributed by atoms with E-state index in [4.69, 9.17) is 19.3 Å². The molecule has 0 heterocycles. The molecule has 35 heavy (non-hydrogen) atoms. The second-order valence-corrected chi connectivity index (χ2v) is 11.6.